The van der Waals surface area contributed by atoms with Crippen molar-refractivity contribution in [1.82, 2.24) is 0 Å². The van der Waals surface area contributed by atoms with Gasteiger partial charge in [-0.1, -0.05) is 0 Å². The van der Waals surface area contributed by atoms with Gasteiger partial charge in [0, 0.05) is 13.7 Å². The summed E-state index contributed by atoms with van der Waals surface area (Å²) in [4.78, 5) is 0. The Labute approximate surface area is 62.5 Å². The first-order chi connectivity index (χ1) is 4.77. The summed E-state index contributed by atoms with van der Waals surface area (Å²) < 4.78 is 10.6. The van der Waals surface area contributed by atoms with E-state index in [2.05, 4.69) is 6.92 Å². The highest BCUT2D eigenvalue weighted by atomic mass is 16.5. The maximum atomic E-state index is 5.58. The Balaban J connectivity index is 2.32. The largest absolute Gasteiger partial charge is 0.382 e. The molecule has 0 saturated carbocycles. The van der Waals surface area contributed by atoms with E-state index in [0.29, 0.717) is 0 Å². The van der Waals surface area contributed by atoms with Crippen molar-refractivity contribution in [2.75, 3.05) is 20.3 Å². The summed E-state index contributed by atoms with van der Waals surface area (Å²) in [5, 5.41) is 0. The molecule has 1 atom stereocenters. The molecule has 0 amide bonds. The lowest BCUT2D eigenvalue weighted by Crippen LogP contribution is -2.37. The van der Waals surface area contributed by atoms with E-state index in [-0.39, 0.29) is 5.60 Å². The smallest absolute Gasteiger partial charge is 0.0886 e. The van der Waals surface area contributed by atoms with Crippen LogP contribution in [0.25, 0.3) is 0 Å². The summed E-state index contributed by atoms with van der Waals surface area (Å²) >= 11 is 0. The topological polar surface area (TPSA) is 18.5 Å². The average Bonchev–Trinajstić information content (AvgIpc) is 1.89. The van der Waals surface area contributed by atoms with Crippen LogP contribution in [0.2, 0.25) is 0 Å². The first kappa shape index (κ1) is 8.02. The number of ether oxygens (including phenoxy) is 2. The van der Waals surface area contributed by atoms with E-state index in [1.807, 2.05) is 0 Å². The van der Waals surface area contributed by atoms with Crippen LogP contribution in [0.3, 0.4) is 0 Å². The van der Waals surface area contributed by atoms with Gasteiger partial charge in [-0.15, -0.1) is 0 Å². The van der Waals surface area contributed by atoms with Crippen molar-refractivity contribution in [2.24, 2.45) is 0 Å². The molecule has 0 unspecified atom stereocenters. The van der Waals surface area contributed by atoms with Gasteiger partial charge in [-0.3, -0.25) is 0 Å². The lowest BCUT2D eigenvalue weighted by atomic mass is 9.97. The minimum atomic E-state index is 0.00694. The summed E-state index contributed by atoms with van der Waals surface area (Å²) in [6.07, 6.45) is 3.63. The molecular formula is C8H16O2. The van der Waals surface area contributed by atoms with Gasteiger partial charge in [0.1, 0.15) is 0 Å². The second kappa shape index (κ2) is 3.35. The first-order valence-corrected chi connectivity index (χ1v) is 3.90. The Hall–Kier alpha value is -0.0800. The molecule has 2 nitrogen and oxygen atoms in total. The van der Waals surface area contributed by atoms with Crippen LogP contribution in [0.15, 0.2) is 0 Å². The van der Waals surface area contributed by atoms with E-state index < -0.39 is 0 Å². The van der Waals surface area contributed by atoms with Gasteiger partial charge in [0.25, 0.3) is 0 Å². The normalized spacial score (nSPS) is 34.2. The fourth-order valence-electron chi connectivity index (χ4n) is 1.41. The second-order valence-corrected chi connectivity index (χ2v) is 3.19. The van der Waals surface area contributed by atoms with Crippen LogP contribution in [0.5, 0.6) is 0 Å². The fourth-order valence-corrected chi connectivity index (χ4v) is 1.41. The monoisotopic (exact) mass is 144 g/mol. The van der Waals surface area contributed by atoms with E-state index >= 15 is 0 Å². The molecule has 60 valence electrons. The third-order valence-electron chi connectivity index (χ3n) is 2.00. The average molecular weight is 144 g/mol. The van der Waals surface area contributed by atoms with E-state index in [1.54, 1.807) is 7.11 Å². The van der Waals surface area contributed by atoms with E-state index in [4.69, 9.17) is 9.47 Å². The third-order valence-corrected chi connectivity index (χ3v) is 2.00. The fraction of sp³-hybridized carbons (Fsp3) is 1.00. The Morgan fingerprint density at radius 3 is 2.80 bits per heavy atom. The van der Waals surface area contributed by atoms with Gasteiger partial charge in [-0.2, -0.15) is 0 Å². The molecule has 1 rings (SSSR count). The van der Waals surface area contributed by atoms with E-state index in [0.717, 1.165) is 19.6 Å². The zero-order valence-corrected chi connectivity index (χ0v) is 6.85. The van der Waals surface area contributed by atoms with Crippen molar-refractivity contribution in [2.45, 2.75) is 31.8 Å². The predicted octanol–water partition coefficient (Wildman–Crippen LogP) is 1.59. The van der Waals surface area contributed by atoms with Crippen molar-refractivity contribution in [3.63, 3.8) is 0 Å². The van der Waals surface area contributed by atoms with Gasteiger partial charge < -0.3 is 9.47 Å². The zero-order chi connectivity index (χ0) is 7.45. The maximum absolute atomic E-state index is 5.58. The van der Waals surface area contributed by atoms with Crippen LogP contribution in [0.1, 0.15) is 26.2 Å². The molecule has 10 heavy (non-hydrogen) atoms. The molecule has 0 aromatic rings. The van der Waals surface area contributed by atoms with Crippen LogP contribution in [-0.4, -0.2) is 25.9 Å². The van der Waals surface area contributed by atoms with Gasteiger partial charge in [0.2, 0.25) is 0 Å². The molecule has 0 aromatic carbocycles. The summed E-state index contributed by atoms with van der Waals surface area (Å²) in [6.45, 7) is 3.75. The number of rotatable bonds is 2. The molecule has 1 fully saturated rings. The van der Waals surface area contributed by atoms with Crippen molar-refractivity contribution < 1.29 is 9.47 Å². The highest BCUT2D eigenvalue weighted by molar-refractivity contribution is 4.77. The predicted molar refractivity (Wildman–Crippen MR) is 40.1 cm³/mol. The van der Waals surface area contributed by atoms with Crippen molar-refractivity contribution >= 4 is 0 Å². The first-order valence-electron chi connectivity index (χ1n) is 3.90. The van der Waals surface area contributed by atoms with Gasteiger partial charge in [-0.05, 0) is 26.2 Å². The minimum Gasteiger partial charge on any atom is -0.382 e. The molecule has 2 heteroatoms. The van der Waals surface area contributed by atoms with Crippen LogP contribution >= 0.6 is 0 Å². The molecular weight excluding hydrogens is 128 g/mol. The molecule has 1 aliphatic rings. The molecule has 0 aliphatic carbocycles. The molecule has 1 aliphatic heterocycles. The lowest BCUT2D eigenvalue weighted by Gasteiger charge is -2.32. The molecule has 0 bridgehead atoms. The summed E-state index contributed by atoms with van der Waals surface area (Å²) in [6, 6.07) is 0. The molecule has 1 heterocycles. The summed E-state index contributed by atoms with van der Waals surface area (Å²) in [5.41, 5.74) is 0.00694. The summed E-state index contributed by atoms with van der Waals surface area (Å²) in [5.74, 6) is 0. The molecule has 0 aromatic heterocycles. The van der Waals surface area contributed by atoms with Crippen LogP contribution in [0, 0.1) is 0 Å². The quantitative estimate of drug-likeness (QED) is 0.586. The van der Waals surface area contributed by atoms with Crippen LogP contribution < -0.4 is 0 Å². The van der Waals surface area contributed by atoms with Crippen LogP contribution in [0.4, 0.5) is 0 Å². The van der Waals surface area contributed by atoms with E-state index in [1.165, 1.54) is 12.8 Å². The van der Waals surface area contributed by atoms with Crippen LogP contribution in [-0.2, 0) is 9.47 Å². The Morgan fingerprint density at radius 1 is 1.50 bits per heavy atom. The number of hydrogen-bond donors (Lipinski definition) is 0. The molecule has 1 saturated heterocycles. The number of hydrogen-bond acceptors (Lipinski definition) is 2. The van der Waals surface area contributed by atoms with E-state index in [9.17, 15) is 0 Å². The van der Waals surface area contributed by atoms with Gasteiger partial charge in [-0.25, -0.2) is 0 Å². The molecule has 0 N–H and O–H groups in total. The van der Waals surface area contributed by atoms with Crippen molar-refractivity contribution in [3.05, 3.63) is 0 Å². The highest BCUT2D eigenvalue weighted by Crippen LogP contribution is 2.23. The lowest BCUT2D eigenvalue weighted by molar-refractivity contribution is -0.103. The van der Waals surface area contributed by atoms with Gasteiger partial charge in [0.05, 0.1) is 12.2 Å². The second-order valence-electron chi connectivity index (χ2n) is 3.19. The minimum absolute atomic E-state index is 0.00694. The van der Waals surface area contributed by atoms with Gasteiger partial charge in [0.15, 0.2) is 0 Å². The Kier molecular flexibility index (Phi) is 2.69. The zero-order valence-electron chi connectivity index (χ0n) is 6.85. The van der Waals surface area contributed by atoms with Crippen molar-refractivity contribution in [3.8, 4) is 0 Å². The van der Waals surface area contributed by atoms with Gasteiger partial charge >= 0.3 is 0 Å². The highest BCUT2D eigenvalue weighted by Gasteiger charge is 2.27. The number of methoxy groups -OCH3 is 1. The molecule has 0 radical (unpaired) electrons. The Morgan fingerprint density at radius 2 is 2.30 bits per heavy atom. The maximum Gasteiger partial charge on any atom is 0.0886 e. The summed E-state index contributed by atoms with van der Waals surface area (Å²) in [7, 11) is 1.73. The molecule has 0 spiro atoms. The van der Waals surface area contributed by atoms with Crippen molar-refractivity contribution in [1.29, 1.82) is 0 Å². The Bertz CT molecular complexity index is 89.9. The standard InChI is InChI=1S/C8H16O2/c1-8(7-9-2)5-3-4-6-10-8/h3-7H2,1-2H3/t8-/m1/s1. The SMILES string of the molecule is COC[C@@]1(C)CCCCO1. The third kappa shape index (κ3) is 1.96.